The maximum absolute atomic E-state index is 12.6. The molecule has 1 heterocycles. The lowest BCUT2D eigenvalue weighted by Crippen LogP contribution is -2.36. The Morgan fingerprint density at radius 1 is 1.05 bits per heavy atom. The van der Waals surface area contributed by atoms with Crippen LogP contribution in [0.4, 0.5) is 0 Å². The smallest absolute Gasteiger partial charge is 0.364 e. The average Bonchev–Trinajstić information content (AvgIpc) is 2.89. The van der Waals surface area contributed by atoms with Gasteiger partial charge in [-0.3, -0.25) is 9.78 Å². The Bertz CT molecular complexity index is 1560. The number of aromatic amines is 1. The molecule has 0 aliphatic rings. The van der Waals surface area contributed by atoms with Crippen LogP contribution in [0, 0.1) is 13.8 Å². The van der Waals surface area contributed by atoms with Crippen LogP contribution in [0.15, 0.2) is 79.6 Å². The van der Waals surface area contributed by atoms with Gasteiger partial charge >= 0.3 is 11.7 Å². The molecule has 0 aliphatic carbocycles. The molecule has 0 saturated carbocycles. The molecule has 0 spiro atoms. The third-order valence-electron chi connectivity index (χ3n) is 5.38. The van der Waals surface area contributed by atoms with E-state index in [4.69, 9.17) is 14.2 Å². The van der Waals surface area contributed by atoms with Gasteiger partial charge in [0.1, 0.15) is 23.9 Å². The number of benzene rings is 3. The number of halogens is 1. The van der Waals surface area contributed by atoms with Gasteiger partial charge in [-0.15, -0.1) is 11.8 Å². The standard InChI is InChI=1S/C27H24BrN3O6S/c1-16-13-18(14-17(2)24(16)37-19-9-10-22(35-3)21(28)15-19)31-27(34)29-25(32)23(30-31)26(33)36-11-12-38-20-7-5-4-6-8-20/h4-10,13-15H,11-12H2,1-3H3,(H,29,32,34). The van der Waals surface area contributed by atoms with Crippen LogP contribution in [-0.2, 0) is 4.74 Å². The first-order chi connectivity index (χ1) is 18.3. The molecule has 0 bridgehead atoms. The van der Waals surface area contributed by atoms with Crippen molar-refractivity contribution in [2.24, 2.45) is 0 Å². The number of carbonyl (C=O) groups excluding carboxylic acids is 1. The number of thioether (sulfide) groups is 1. The summed E-state index contributed by atoms with van der Waals surface area (Å²) in [5.41, 5.74) is -0.405. The highest BCUT2D eigenvalue weighted by Gasteiger charge is 2.19. The van der Waals surface area contributed by atoms with Crippen LogP contribution in [0.5, 0.6) is 17.2 Å². The molecule has 4 rings (SSSR count). The predicted octanol–water partition coefficient (Wildman–Crippen LogP) is 5.05. The monoisotopic (exact) mass is 597 g/mol. The molecule has 0 amide bonds. The molecule has 1 aromatic heterocycles. The third kappa shape index (κ3) is 6.35. The summed E-state index contributed by atoms with van der Waals surface area (Å²) in [6.07, 6.45) is 0. The first-order valence-corrected chi connectivity index (χ1v) is 13.3. The van der Waals surface area contributed by atoms with E-state index >= 15 is 0 Å². The number of H-pyrrole nitrogens is 1. The summed E-state index contributed by atoms with van der Waals surface area (Å²) in [7, 11) is 1.58. The molecule has 3 aromatic carbocycles. The molecular formula is C27H24BrN3O6S. The number of esters is 1. The van der Waals surface area contributed by atoms with E-state index in [1.807, 2.05) is 44.2 Å². The lowest BCUT2D eigenvalue weighted by Gasteiger charge is -2.15. The number of aryl methyl sites for hydroxylation is 2. The summed E-state index contributed by atoms with van der Waals surface area (Å²) in [5.74, 6) is 1.45. The van der Waals surface area contributed by atoms with Crippen molar-refractivity contribution < 1.29 is 19.0 Å². The number of nitrogens with zero attached hydrogens (tertiary/aromatic N) is 2. The molecule has 196 valence electrons. The number of aromatic nitrogens is 3. The molecular weight excluding hydrogens is 574 g/mol. The quantitative estimate of drug-likeness (QED) is 0.162. The molecule has 1 N–H and O–H groups in total. The maximum Gasteiger partial charge on any atom is 0.364 e. The molecule has 38 heavy (non-hydrogen) atoms. The molecule has 11 heteroatoms. The maximum atomic E-state index is 12.6. The highest BCUT2D eigenvalue weighted by atomic mass is 79.9. The largest absolute Gasteiger partial charge is 0.496 e. The molecule has 0 saturated heterocycles. The second-order valence-electron chi connectivity index (χ2n) is 8.12. The van der Waals surface area contributed by atoms with E-state index in [2.05, 4.69) is 26.0 Å². The predicted molar refractivity (Wildman–Crippen MR) is 148 cm³/mol. The average molecular weight is 598 g/mol. The fourth-order valence-electron chi connectivity index (χ4n) is 3.63. The van der Waals surface area contributed by atoms with Gasteiger partial charge in [-0.05, 0) is 83.4 Å². The SMILES string of the molecule is COc1ccc(Oc2c(C)cc(-n3nc(C(=O)OCCSc4ccccc4)c(=O)[nH]c3=O)cc2C)cc1Br. The van der Waals surface area contributed by atoms with E-state index in [1.54, 1.807) is 37.4 Å². The second-order valence-corrected chi connectivity index (χ2v) is 10.1. The Morgan fingerprint density at radius 2 is 1.76 bits per heavy atom. The highest BCUT2D eigenvalue weighted by molar-refractivity contribution is 9.10. The molecule has 0 aliphatic heterocycles. The molecule has 4 aromatic rings. The van der Waals surface area contributed by atoms with E-state index in [0.29, 0.717) is 39.8 Å². The summed E-state index contributed by atoms with van der Waals surface area (Å²) in [6, 6.07) is 18.4. The highest BCUT2D eigenvalue weighted by Crippen LogP contribution is 2.34. The molecule has 0 atom stereocenters. The van der Waals surface area contributed by atoms with Crippen LogP contribution in [-0.4, -0.2) is 40.2 Å². The van der Waals surface area contributed by atoms with Crippen molar-refractivity contribution in [1.82, 2.24) is 14.8 Å². The Hall–Kier alpha value is -3.83. The zero-order valence-electron chi connectivity index (χ0n) is 20.8. The van der Waals surface area contributed by atoms with Crippen molar-refractivity contribution in [2.75, 3.05) is 19.5 Å². The van der Waals surface area contributed by atoms with Gasteiger partial charge in [-0.2, -0.15) is 9.78 Å². The third-order valence-corrected chi connectivity index (χ3v) is 6.98. The van der Waals surface area contributed by atoms with Crippen molar-refractivity contribution in [3.63, 3.8) is 0 Å². The Labute approximate surface area is 230 Å². The van der Waals surface area contributed by atoms with E-state index < -0.39 is 22.9 Å². The Balaban J connectivity index is 1.53. The zero-order valence-corrected chi connectivity index (χ0v) is 23.2. The normalized spacial score (nSPS) is 10.7. The Morgan fingerprint density at radius 3 is 2.42 bits per heavy atom. The van der Waals surface area contributed by atoms with Crippen LogP contribution < -0.4 is 20.7 Å². The second kappa shape index (κ2) is 12.1. The first-order valence-electron chi connectivity index (χ1n) is 11.5. The lowest BCUT2D eigenvalue weighted by atomic mass is 10.1. The van der Waals surface area contributed by atoms with Crippen LogP contribution in [0.25, 0.3) is 5.69 Å². The van der Waals surface area contributed by atoms with Gasteiger partial charge in [0.15, 0.2) is 0 Å². The van der Waals surface area contributed by atoms with Crippen LogP contribution in [0.2, 0.25) is 0 Å². The minimum absolute atomic E-state index is 0.0738. The summed E-state index contributed by atoms with van der Waals surface area (Å²) >= 11 is 4.96. The molecule has 0 unspecified atom stereocenters. The Kier molecular flexibility index (Phi) is 8.70. The van der Waals surface area contributed by atoms with Gasteiger partial charge in [0.05, 0.1) is 17.3 Å². The van der Waals surface area contributed by atoms with Crippen molar-refractivity contribution >= 4 is 33.7 Å². The van der Waals surface area contributed by atoms with E-state index in [0.717, 1.165) is 14.1 Å². The van der Waals surface area contributed by atoms with Gasteiger partial charge in [0.25, 0.3) is 5.56 Å². The fraction of sp³-hybridized carbons (Fsp3) is 0.185. The van der Waals surface area contributed by atoms with Gasteiger partial charge < -0.3 is 14.2 Å². The van der Waals surface area contributed by atoms with Gasteiger partial charge in [-0.25, -0.2) is 9.59 Å². The molecule has 0 fully saturated rings. The van der Waals surface area contributed by atoms with Crippen molar-refractivity contribution in [2.45, 2.75) is 18.7 Å². The van der Waals surface area contributed by atoms with Gasteiger partial charge in [0.2, 0.25) is 5.69 Å². The van der Waals surface area contributed by atoms with Gasteiger partial charge in [-0.1, -0.05) is 18.2 Å². The van der Waals surface area contributed by atoms with Crippen molar-refractivity contribution in [3.8, 4) is 22.9 Å². The molecule has 9 nitrogen and oxygen atoms in total. The summed E-state index contributed by atoms with van der Waals surface area (Å²) in [5, 5.41) is 4.02. The minimum atomic E-state index is -0.912. The van der Waals surface area contributed by atoms with Gasteiger partial charge in [0, 0.05) is 10.6 Å². The van der Waals surface area contributed by atoms with E-state index in [9.17, 15) is 14.4 Å². The summed E-state index contributed by atoms with van der Waals surface area (Å²) in [4.78, 5) is 40.6. The fourth-order valence-corrected chi connectivity index (χ4v) is 4.90. The summed E-state index contributed by atoms with van der Waals surface area (Å²) in [6.45, 7) is 3.71. The van der Waals surface area contributed by atoms with Crippen molar-refractivity contribution in [3.05, 3.63) is 103 Å². The first kappa shape index (κ1) is 27.2. The number of methoxy groups -OCH3 is 1. The lowest BCUT2D eigenvalue weighted by molar-refractivity contribution is 0.0518. The number of hydrogen-bond donors (Lipinski definition) is 1. The van der Waals surface area contributed by atoms with Crippen LogP contribution in [0.3, 0.4) is 0 Å². The molecule has 0 radical (unpaired) electrons. The number of rotatable bonds is 9. The number of hydrogen-bond acceptors (Lipinski definition) is 8. The topological polar surface area (TPSA) is 113 Å². The van der Waals surface area contributed by atoms with Crippen molar-refractivity contribution in [1.29, 1.82) is 0 Å². The van der Waals surface area contributed by atoms with E-state index in [-0.39, 0.29) is 6.61 Å². The number of nitrogens with one attached hydrogen (secondary N) is 1. The zero-order chi connectivity index (χ0) is 27.2. The van der Waals surface area contributed by atoms with Crippen LogP contribution >= 0.6 is 27.7 Å². The number of ether oxygens (including phenoxy) is 3. The summed E-state index contributed by atoms with van der Waals surface area (Å²) < 4.78 is 18.3. The number of carbonyl (C=O) groups is 1. The van der Waals surface area contributed by atoms with Crippen LogP contribution in [0.1, 0.15) is 21.6 Å². The minimum Gasteiger partial charge on any atom is -0.496 e. The van der Waals surface area contributed by atoms with E-state index in [1.165, 1.54) is 11.8 Å².